The van der Waals surface area contributed by atoms with E-state index >= 15 is 0 Å². The van der Waals surface area contributed by atoms with Crippen LogP contribution >= 0.6 is 0 Å². The van der Waals surface area contributed by atoms with Crippen LogP contribution in [0.2, 0.25) is 0 Å². The van der Waals surface area contributed by atoms with Crippen molar-refractivity contribution in [1.82, 2.24) is 15.4 Å². The van der Waals surface area contributed by atoms with Gasteiger partial charge >= 0.3 is 0 Å². The molecule has 8 heteroatoms. The molecule has 0 radical (unpaired) electrons. The fourth-order valence-corrected chi connectivity index (χ4v) is 2.92. The van der Waals surface area contributed by atoms with Gasteiger partial charge in [-0.05, 0) is 39.1 Å². The van der Waals surface area contributed by atoms with Crippen LogP contribution in [0.1, 0.15) is 13.3 Å². The Labute approximate surface area is 124 Å². The lowest BCUT2D eigenvalue weighted by Gasteiger charge is -2.14. The predicted molar refractivity (Wildman–Crippen MR) is 77.7 cm³/mol. The summed E-state index contributed by atoms with van der Waals surface area (Å²) < 4.78 is 39.7. The molecule has 0 heterocycles. The zero-order chi connectivity index (χ0) is 15.9. The highest BCUT2D eigenvalue weighted by Gasteiger charge is 2.24. The number of benzene rings is 1. The van der Waals surface area contributed by atoms with Crippen LogP contribution in [0, 0.1) is 5.82 Å². The first-order valence-corrected chi connectivity index (χ1v) is 8.06. The Kier molecular flexibility index (Phi) is 6.73. The van der Waals surface area contributed by atoms with Gasteiger partial charge in [-0.3, -0.25) is 4.79 Å². The van der Waals surface area contributed by atoms with E-state index < -0.39 is 32.7 Å². The third-order valence-electron chi connectivity index (χ3n) is 2.75. The molecule has 1 amide bonds. The predicted octanol–water partition coefficient (Wildman–Crippen LogP) is 0.218. The van der Waals surface area contributed by atoms with E-state index in [4.69, 9.17) is 0 Å². The molecule has 1 atom stereocenters. The van der Waals surface area contributed by atoms with Gasteiger partial charge in [0.2, 0.25) is 15.9 Å². The summed E-state index contributed by atoms with van der Waals surface area (Å²) in [6, 6.07) is 4.03. The normalized spacial score (nSPS) is 12.9. The van der Waals surface area contributed by atoms with Gasteiger partial charge in [-0.25, -0.2) is 12.8 Å². The molecule has 0 spiro atoms. The maximum atomic E-state index is 13.5. The lowest BCUT2D eigenvalue weighted by molar-refractivity contribution is -0.122. The Hall–Kier alpha value is -1.51. The average Bonchev–Trinajstić information content (AvgIpc) is 2.43. The van der Waals surface area contributed by atoms with Crippen LogP contribution in [0.4, 0.5) is 4.39 Å². The van der Waals surface area contributed by atoms with Crippen LogP contribution in [0.25, 0.3) is 0 Å². The van der Waals surface area contributed by atoms with Crippen LogP contribution < -0.4 is 15.4 Å². The highest BCUT2D eigenvalue weighted by Crippen LogP contribution is 2.13. The van der Waals surface area contributed by atoms with Gasteiger partial charge < -0.3 is 10.6 Å². The Morgan fingerprint density at radius 1 is 1.29 bits per heavy atom. The Balaban J connectivity index is 2.63. The number of sulfonamides is 1. The van der Waals surface area contributed by atoms with Gasteiger partial charge in [0, 0.05) is 6.54 Å². The van der Waals surface area contributed by atoms with Crippen molar-refractivity contribution in [3.8, 4) is 0 Å². The molecule has 0 fully saturated rings. The molecule has 0 aliphatic carbocycles. The largest absolute Gasteiger partial charge is 0.355 e. The van der Waals surface area contributed by atoms with E-state index in [1.165, 1.54) is 19.1 Å². The maximum absolute atomic E-state index is 13.5. The third kappa shape index (κ3) is 5.41. The van der Waals surface area contributed by atoms with Crippen molar-refractivity contribution >= 4 is 15.9 Å². The minimum Gasteiger partial charge on any atom is -0.355 e. The second kappa shape index (κ2) is 8.06. The van der Waals surface area contributed by atoms with Crippen molar-refractivity contribution in [2.24, 2.45) is 0 Å². The summed E-state index contributed by atoms with van der Waals surface area (Å²) in [5, 5.41) is 5.54. The zero-order valence-corrected chi connectivity index (χ0v) is 12.8. The van der Waals surface area contributed by atoms with Crippen molar-refractivity contribution < 1.29 is 17.6 Å². The minimum absolute atomic E-state index is 0.436. The number of hydrogen-bond acceptors (Lipinski definition) is 4. The molecule has 0 bridgehead atoms. The van der Waals surface area contributed by atoms with E-state index in [0.717, 1.165) is 25.1 Å². The summed E-state index contributed by atoms with van der Waals surface area (Å²) in [6.45, 7) is 2.59. The molecule has 1 aromatic carbocycles. The monoisotopic (exact) mass is 317 g/mol. The van der Waals surface area contributed by atoms with Gasteiger partial charge in [0.1, 0.15) is 10.7 Å². The maximum Gasteiger partial charge on any atom is 0.244 e. The molecule has 1 aromatic rings. The molecule has 0 saturated heterocycles. The summed E-state index contributed by atoms with van der Waals surface area (Å²) in [6.07, 6.45) is 0.731. The Morgan fingerprint density at radius 2 is 1.95 bits per heavy atom. The van der Waals surface area contributed by atoms with Gasteiger partial charge in [-0.1, -0.05) is 12.1 Å². The zero-order valence-electron chi connectivity index (χ0n) is 12.0. The van der Waals surface area contributed by atoms with Crippen LogP contribution in [0.3, 0.4) is 0 Å². The van der Waals surface area contributed by atoms with Crippen LogP contribution in [-0.4, -0.2) is 40.5 Å². The molecule has 1 unspecified atom stereocenters. The highest BCUT2D eigenvalue weighted by molar-refractivity contribution is 7.89. The van der Waals surface area contributed by atoms with Crippen molar-refractivity contribution in [2.45, 2.75) is 24.3 Å². The summed E-state index contributed by atoms with van der Waals surface area (Å²) in [5.74, 6) is -1.31. The summed E-state index contributed by atoms with van der Waals surface area (Å²) in [7, 11) is -2.27. The molecule has 1 rings (SSSR count). The number of carbonyl (C=O) groups excluding carboxylic acids is 1. The first kappa shape index (κ1) is 17.5. The third-order valence-corrected chi connectivity index (χ3v) is 4.33. The molecule has 0 aliphatic rings. The fraction of sp³-hybridized carbons (Fsp3) is 0.462. The summed E-state index contributed by atoms with van der Waals surface area (Å²) in [5.41, 5.74) is 0. The summed E-state index contributed by atoms with van der Waals surface area (Å²) >= 11 is 0. The van der Waals surface area contributed by atoms with Gasteiger partial charge in [-0.2, -0.15) is 4.72 Å². The number of amides is 1. The van der Waals surface area contributed by atoms with Crippen LogP contribution in [-0.2, 0) is 14.8 Å². The van der Waals surface area contributed by atoms with Gasteiger partial charge in [0.25, 0.3) is 0 Å². The molecule has 6 nitrogen and oxygen atoms in total. The molecule has 0 saturated carbocycles. The average molecular weight is 317 g/mol. The number of rotatable bonds is 8. The standard InChI is InChI=1S/C13H20FN3O3S/c1-10(13(18)16-9-5-8-15-2)17-21(19,20)12-7-4-3-6-11(12)14/h3-4,6-7,10,15,17H,5,8-9H2,1-2H3,(H,16,18). The van der Waals surface area contributed by atoms with Gasteiger partial charge in [0.05, 0.1) is 6.04 Å². The second-order valence-corrected chi connectivity index (χ2v) is 6.20. The number of hydrogen-bond donors (Lipinski definition) is 3. The first-order chi connectivity index (χ1) is 9.88. The van der Waals surface area contributed by atoms with Crippen LogP contribution in [0.5, 0.6) is 0 Å². The van der Waals surface area contributed by atoms with Crippen molar-refractivity contribution in [2.75, 3.05) is 20.1 Å². The van der Waals surface area contributed by atoms with Gasteiger partial charge in [0.15, 0.2) is 0 Å². The van der Waals surface area contributed by atoms with E-state index in [9.17, 15) is 17.6 Å². The van der Waals surface area contributed by atoms with Crippen molar-refractivity contribution in [3.63, 3.8) is 0 Å². The SMILES string of the molecule is CNCCCNC(=O)C(C)NS(=O)(=O)c1ccccc1F. The molecule has 21 heavy (non-hydrogen) atoms. The Morgan fingerprint density at radius 3 is 2.57 bits per heavy atom. The second-order valence-electron chi connectivity index (χ2n) is 4.52. The van der Waals surface area contributed by atoms with E-state index in [-0.39, 0.29) is 0 Å². The molecular weight excluding hydrogens is 297 g/mol. The molecular formula is C13H20FN3O3S. The molecule has 3 N–H and O–H groups in total. The lowest BCUT2D eigenvalue weighted by Crippen LogP contribution is -2.45. The highest BCUT2D eigenvalue weighted by atomic mass is 32.2. The number of carbonyl (C=O) groups is 1. The van der Waals surface area contributed by atoms with E-state index in [1.807, 2.05) is 0 Å². The smallest absolute Gasteiger partial charge is 0.244 e. The molecule has 118 valence electrons. The first-order valence-electron chi connectivity index (χ1n) is 6.57. The molecule has 0 aliphatic heterocycles. The lowest BCUT2D eigenvalue weighted by atomic mass is 10.3. The quantitative estimate of drug-likeness (QED) is 0.599. The van der Waals surface area contributed by atoms with E-state index in [1.54, 1.807) is 7.05 Å². The Bertz CT molecular complexity index is 578. The van der Waals surface area contributed by atoms with Crippen molar-refractivity contribution in [3.05, 3.63) is 30.1 Å². The fourth-order valence-electron chi connectivity index (χ4n) is 1.64. The van der Waals surface area contributed by atoms with Gasteiger partial charge in [-0.15, -0.1) is 0 Å². The van der Waals surface area contributed by atoms with Crippen LogP contribution in [0.15, 0.2) is 29.2 Å². The van der Waals surface area contributed by atoms with E-state index in [0.29, 0.717) is 6.54 Å². The topological polar surface area (TPSA) is 87.3 Å². The van der Waals surface area contributed by atoms with Crippen molar-refractivity contribution in [1.29, 1.82) is 0 Å². The molecule has 0 aromatic heterocycles. The number of nitrogens with one attached hydrogen (secondary N) is 3. The van der Waals surface area contributed by atoms with E-state index in [2.05, 4.69) is 15.4 Å². The minimum atomic E-state index is -4.07. The number of halogens is 1. The summed E-state index contributed by atoms with van der Waals surface area (Å²) in [4.78, 5) is 11.3.